The van der Waals surface area contributed by atoms with Crippen molar-refractivity contribution in [3.63, 3.8) is 0 Å². The summed E-state index contributed by atoms with van der Waals surface area (Å²) in [5, 5.41) is 21.7. The second kappa shape index (κ2) is 5.85. The maximum Gasteiger partial charge on any atom is 0.410 e. The Bertz CT molecular complexity index is 490. The fourth-order valence-electron chi connectivity index (χ4n) is 4.89. The number of hydrogen-bond acceptors (Lipinski definition) is 5. The molecule has 0 radical (unpaired) electrons. The van der Waals surface area contributed by atoms with Gasteiger partial charge in [0.25, 0.3) is 0 Å². The van der Waals surface area contributed by atoms with Crippen molar-refractivity contribution in [2.75, 3.05) is 26.7 Å². The molecule has 0 spiro atoms. The zero-order valence-electron chi connectivity index (χ0n) is 15.4. The molecule has 0 aromatic rings. The van der Waals surface area contributed by atoms with Crippen LogP contribution in [0.4, 0.5) is 4.79 Å². The lowest BCUT2D eigenvalue weighted by Gasteiger charge is -2.51. The average Bonchev–Trinajstić information content (AvgIpc) is 3.00. The number of fused-ring (bicyclic) bond motifs is 2. The van der Waals surface area contributed by atoms with Crippen molar-refractivity contribution in [3.05, 3.63) is 0 Å². The molecular weight excluding hydrogens is 308 g/mol. The number of ether oxygens (including phenoxy) is 1. The molecule has 2 bridgehead atoms. The molecule has 3 atom stereocenters. The van der Waals surface area contributed by atoms with E-state index in [-0.39, 0.29) is 12.7 Å². The first kappa shape index (κ1) is 18.0. The minimum Gasteiger partial charge on any atom is -0.444 e. The standard InChI is InChI=1S/C18H32N2O4/c1-16(2,3)24-15(22)20-8-7-17(11-20,12-21)18(23)9-13-5-6-14(10-18)19(13)4/h13-14,21,23H,5-12H2,1-4H3. The summed E-state index contributed by atoms with van der Waals surface area (Å²) in [5.74, 6) is 0. The Kier molecular flexibility index (Phi) is 4.38. The molecule has 138 valence electrons. The van der Waals surface area contributed by atoms with Gasteiger partial charge in [-0.3, -0.25) is 0 Å². The molecule has 3 unspecified atom stereocenters. The number of likely N-dealkylation sites (tertiary alicyclic amines) is 1. The van der Waals surface area contributed by atoms with E-state index in [0.29, 0.717) is 44.4 Å². The van der Waals surface area contributed by atoms with Crippen LogP contribution < -0.4 is 0 Å². The number of piperidine rings is 1. The number of amides is 1. The summed E-state index contributed by atoms with van der Waals surface area (Å²) in [5.41, 5.74) is -2.08. The molecule has 24 heavy (non-hydrogen) atoms. The Morgan fingerprint density at radius 1 is 1.25 bits per heavy atom. The van der Waals surface area contributed by atoms with Crippen molar-refractivity contribution in [2.45, 2.75) is 76.2 Å². The van der Waals surface area contributed by atoms with Gasteiger partial charge in [0, 0.05) is 30.6 Å². The van der Waals surface area contributed by atoms with Gasteiger partial charge in [-0.1, -0.05) is 0 Å². The molecule has 1 amide bonds. The first-order valence-electron chi connectivity index (χ1n) is 9.12. The molecule has 3 aliphatic heterocycles. The van der Waals surface area contributed by atoms with Crippen molar-refractivity contribution in [1.29, 1.82) is 0 Å². The quantitative estimate of drug-likeness (QED) is 0.799. The molecule has 3 heterocycles. The summed E-state index contributed by atoms with van der Waals surface area (Å²) in [4.78, 5) is 16.4. The summed E-state index contributed by atoms with van der Waals surface area (Å²) in [6.45, 7) is 6.36. The van der Waals surface area contributed by atoms with Crippen LogP contribution in [0.2, 0.25) is 0 Å². The number of rotatable bonds is 2. The maximum absolute atomic E-state index is 12.4. The van der Waals surface area contributed by atoms with Crippen LogP contribution in [0.5, 0.6) is 0 Å². The predicted octanol–water partition coefficient (Wildman–Crippen LogP) is 1.59. The zero-order valence-corrected chi connectivity index (χ0v) is 15.4. The van der Waals surface area contributed by atoms with E-state index in [9.17, 15) is 15.0 Å². The zero-order chi connectivity index (χ0) is 17.8. The lowest BCUT2D eigenvalue weighted by Crippen LogP contribution is -2.60. The number of hydrogen-bond donors (Lipinski definition) is 2. The molecule has 3 fully saturated rings. The average molecular weight is 340 g/mol. The van der Waals surface area contributed by atoms with Gasteiger partial charge in [-0.2, -0.15) is 0 Å². The normalized spacial score (nSPS) is 40.2. The van der Waals surface area contributed by atoms with Gasteiger partial charge in [-0.15, -0.1) is 0 Å². The van der Waals surface area contributed by atoms with E-state index >= 15 is 0 Å². The Morgan fingerprint density at radius 2 is 1.83 bits per heavy atom. The smallest absolute Gasteiger partial charge is 0.410 e. The molecule has 2 N–H and O–H groups in total. The van der Waals surface area contributed by atoms with E-state index in [1.807, 2.05) is 20.8 Å². The molecule has 3 saturated heterocycles. The summed E-state index contributed by atoms with van der Waals surface area (Å²) < 4.78 is 5.47. The first-order valence-corrected chi connectivity index (χ1v) is 9.12. The van der Waals surface area contributed by atoms with Gasteiger partial charge in [0.1, 0.15) is 5.60 Å². The number of aliphatic hydroxyl groups is 2. The highest BCUT2D eigenvalue weighted by atomic mass is 16.6. The van der Waals surface area contributed by atoms with Crippen LogP contribution in [0.25, 0.3) is 0 Å². The van der Waals surface area contributed by atoms with Crippen LogP contribution >= 0.6 is 0 Å². The summed E-state index contributed by atoms with van der Waals surface area (Å²) in [6, 6.07) is 0.764. The van der Waals surface area contributed by atoms with Gasteiger partial charge in [-0.25, -0.2) is 4.79 Å². The fourth-order valence-corrected chi connectivity index (χ4v) is 4.89. The number of nitrogens with zero attached hydrogens (tertiary/aromatic N) is 2. The molecule has 0 aliphatic carbocycles. The second-order valence-corrected chi connectivity index (χ2v) is 9.08. The summed E-state index contributed by atoms with van der Waals surface area (Å²) in [6.07, 6.45) is 3.87. The van der Waals surface area contributed by atoms with Gasteiger partial charge in [-0.05, 0) is 59.9 Å². The van der Waals surface area contributed by atoms with Crippen molar-refractivity contribution in [1.82, 2.24) is 9.80 Å². The highest BCUT2D eigenvalue weighted by Gasteiger charge is 2.59. The van der Waals surface area contributed by atoms with E-state index in [1.165, 1.54) is 0 Å². The predicted molar refractivity (Wildman–Crippen MR) is 90.7 cm³/mol. The van der Waals surface area contributed by atoms with E-state index in [0.717, 1.165) is 12.8 Å². The Hall–Kier alpha value is -0.850. The Labute approximate surface area is 144 Å². The van der Waals surface area contributed by atoms with Crippen LogP contribution in [0.1, 0.15) is 52.9 Å². The molecule has 3 aliphatic rings. The Morgan fingerprint density at radius 3 is 2.33 bits per heavy atom. The van der Waals surface area contributed by atoms with Crippen molar-refractivity contribution in [3.8, 4) is 0 Å². The highest BCUT2D eigenvalue weighted by Crippen LogP contribution is 2.51. The van der Waals surface area contributed by atoms with Crippen molar-refractivity contribution < 1.29 is 19.7 Å². The minimum absolute atomic E-state index is 0.0913. The molecule has 6 heteroatoms. The van der Waals surface area contributed by atoms with Crippen LogP contribution in [-0.4, -0.2) is 76.1 Å². The van der Waals surface area contributed by atoms with Crippen LogP contribution in [0.15, 0.2) is 0 Å². The van der Waals surface area contributed by atoms with E-state index in [4.69, 9.17) is 4.74 Å². The molecule has 0 saturated carbocycles. The third kappa shape index (κ3) is 2.93. The van der Waals surface area contributed by atoms with Crippen molar-refractivity contribution in [2.24, 2.45) is 5.41 Å². The SMILES string of the molecule is CN1C2CCC1CC(O)(C1(CO)CCN(C(=O)OC(C)(C)C)C1)C2. The van der Waals surface area contributed by atoms with E-state index < -0.39 is 16.6 Å². The van der Waals surface area contributed by atoms with Crippen molar-refractivity contribution >= 4 is 6.09 Å². The largest absolute Gasteiger partial charge is 0.444 e. The van der Waals surface area contributed by atoms with Crippen LogP contribution in [0, 0.1) is 5.41 Å². The molecule has 0 aromatic carbocycles. The Balaban J connectivity index is 1.75. The molecule has 6 nitrogen and oxygen atoms in total. The third-order valence-corrected chi connectivity index (χ3v) is 6.43. The van der Waals surface area contributed by atoms with Gasteiger partial charge in [0.05, 0.1) is 12.2 Å². The maximum atomic E-state index is 12.4. The van der Waals surface area contributed by atoms with Gasteiger partial charge < -0.3 is 24.7 Å². The van der Waals surface area contributed by atoms with E-state index in [1.54, 1.807) is 4.90 Å². The van der Waals surface area contributed by atoms with E-state index in [2.05, 4.69) is 11.9 Å². The lowest BCUT2D eigenvalue weighted by atomic mass is 9.65. The van der Waals surface area contributed by atoms with Crippen LogP contribution in [-0.2, 0) is 4.74 Å². The van der Waals surface area contributed by atoms with Gasteiger partial charge in [0.15, 0.2) is 0 Å². The monoisotopic (exact) mass is 340 g/mol. The van der Waals surface area contributed by atoms with Gasteiger partial charge in [0.2, 0.25) is 0 Å². The fraction of sp³-hybridized carbons (Fsp3) is 0.944. The summed E-state index contributed by atoms with van der Waals surface area (Å²) >= 11 is 0. The third-order valence-electron chi connectivity index (χ3n) is 6.43. The number of carbonyl (C=O) groups is 1. The summed E-state index contributed by atoms with van der Waals surface area (Å²) in [7, 11) is 2.13. The van der Waals surface area contributed by atoms with Crippen LogP contribution in [0.3, 0.4) is 0 Å². The molecule has 3 rings (SSSR count). The second-order valence-electron chi connectivity index (χ2n) is 9.08. The van der Waals surface area contributed by atoms with Gasteiger partial charge >= 0.3 is 6.09 Å². The minimum atomic E-state index is -0.906. The number of carbonyl (C=O) groups excluding carboxylic acids is 1. The number of aliphatic hydroxyl groups excluding tert-OH is 1. The molecular formula is C18H32N2O4. The lowest BCUT2D eigenvalue weighted by molar-refractivity contribution is -0.147. The first-order chi connectivity index (χ1) is 11.1. The topological polar surface area (TPSA) is 73.2 Å². The highest BCUT2D eigenvalue weighted by molar-refractivity contribution is 5.68. The molecule has 0 aromatic heterocycles.